The van der Waals surface area contributed by atoms with Gasteiger partial charge in [0, 0.05) is 81.7 Å². The van der Waals surface area contributed by atoms with Gasteiger partial charge in [-0.3, -0.25) is 19.9 Å². The highest BCUT2D eigenvalue weighted by Gasteiger charge is 2.08. The molecule has 0 amide bonds. The summed E-state index contributed by atoms with van der Waals surface area (Å²) in [5.74, 6) is 4.32. The third kappa shape index (κ3) is 12.9. The number of halogens is 1. The van der Waals surface area contributed by atoms with Gasteiger partial charge < -0.3 is 30.7 Å². The van der Waals surface area contributed by atoms with Crippen molar-refractivity contribution in [3.8, 4) is 11.5 Å². The second-order valence-electron chi connectivity index (χ2n) is 16.3. The van der Waals surface area contributed by atoms with Crippen LogP contribution in [-0.2, 0) is 0 Å². The molecule has 0 atom stereocenters. The minimum Gasteiger partial charge on any atom is -0.493 e. The monoisotopic (exact) mass is 992 g/mol. The topological polar surface area (TPSA) is 170 Å². The van der Waals surface area contributed by atoms with Gasteiger partial charge >= 0.3 is 0 Å². The van der Waals surface area contributed by atoms with Crippen LogP contribution in [-0.4, -0.2) is 54.1 Å². The lowest BCUT2D eigenvalue weighted by molar-refractivity contribution is 0.415. The average Bonchev–Trinajstić information content (AvgIpc) is 3.44. The lowest BCUT2D eigenvalue weighted by atomic mass is 10.1. The maximum Gasteiger partial charge on any atom is 0.173 e. The number of aryl methyl sites for hydroxylation is 1. The molecular formula is C59H49ClN12O2. The Hall–Kier alpha value is -9.79. The second-order valence-corrected chi connectivity index (χ2v) is 16.7. The van der Waals surface area contributed by atoms with Crippen LogP contribution in [0.5, 0.6) is 11.5 Å². The van der Waals surface area contributed by atoms with E-state index in [1.807, 2.05) is 171 Å². The van der Waals surface area contributed by atoms with E-state index in [-0.39, 0.29) is 0 Å². The Bertz CT molecular complexity index is 3780. The number of fused-ring (bicyclic) bond motifs is 4. The van der Waals surface area contributed by atoms with Gasteiger partial charge in [-0.25, -0.2) is 19.9 Å². The summed E-state index contributed by atoms with van der Waals surface area (Å²) in [6, 6.07) is 53.0. The summed E-state index contributed by atoms with van der Waals surface area (Å²) in [5.41, 5.74) is 7.78. The van der Waals surface area contributed by atoms with Crippen molar-refractivity contribution < 1.29 is 9.47 Å². The molecule has 0 aliphatic heterocycles. The Morgan fingerprint density at radius 3 is 1.73 bits per heavy atom. The first-order valence-corrected chi connectivity index (χ1v) is 23.7. The number of hydrogen-bond acceptors (Lipinski definition) is 14. The molecule has 0 radical (unpaired) electrons. The molecule has 0 aliphatic rings. The molecule has 4 aromatic carbocycles. The minimum absolute atomic E-state index is 0.651. The Balaban J connectivity index is 0.000000121. The van der Waals surface area contributed by atoms with E-state index in [0.29, 0.717) is 28.2 Å². The molecule has 8 heterocycles. The molecular weight excluding hydrogens is 944 g/mol. The van der Waals surface area contributed by atoms with E-state index >= 15 is 0 Å². The van der Waals surface area contributed by atoms with Crippen LogP contribution in [0.15, 0.2) is 220 Å². The molecule has 0 bridgehead atoms. The van der Waals surface area contributed by atoms with E-state index < -0.39 is 0 Å². The Morgan fingerprint density at radius 1 is 0.419 bits per heavy atom. The van der Waals surface area contributed by atoms with E-state index in [1.165, 1.54) is 0 Å². The van der Waals surface area contributed by atoms with Crippen LogP contribution in [0.3, 0.4) is 0 Å². The van der Waals surface area contributed by atoms with Crippen LogP contribution in [0.2, 0.25) is 5.02 Å². The highest BCUT2D eigenvalue weighted by molar-refractivity contribution is 6.35. The van der Waals surface area contributed by atoms with Gasteiger partial charge in [0.05, 0.1) is 59.6 Å². The molecule has 0 fully saturated rings. The van der Waals surface area contributed by atoms with Gasteiger partial charge in [0.1, 0.15) is 11.6 Å². The van der Waals surface area contributed by atoms with Crippen LogP contribution in [0.4, 0.5) is 46.0 Å². The van der Waals surface area contributed by atoms with Crippen molar-refractivity contribution in [2.75, 3.05) is 35.5 Å². The highest BCUT2D eigenvalue weighted by Crippen LogP contribution is 2.30. The van der Waals surface area contributed by atoms with Gasteiger partial charge in [-0.1, -0.05) is 72.3 Å². The molecule has 8 aromatic heterocycles. The van der Waals surface area contributed by atoms with Gasteiger partial charge in [0.2, 0.25) is 0 Å². The first kappa shape index (κ1) is 49.2. The van der Waals surface area contributed by atoms with Gasteiger partial charge in [-0.05, 0) is 116 Å². The lowest BCUT2D eigenvalue weighted by Gasteiger charge is -2.11. The lowest BCUT2D eigenvalue weighted by Crippen LogP contribution is -1.97. The summed E-state index contributed by atoms with van der Waals surface area (Å²) in [6.07, 6.45) is 16.0. The third-order valence-electron chi connectivity index (χ3n) is 11.2. The van der Waals surface area contributed by atoms with Crippen molar-refractivity contribution in [1.29, 1.82) is 0 Å². The maximum atomic E-state index is 6.15. The Kier molecular flexibility index (Phi) is 16.2. The molecule has 12 aromatic rings. The van der Waals surface area contributed by atoms with Gasteiger partial charge in [-0.15, -0.1) is 0 Å². The smallest absolute Gasteiger partial charge is 0.173 e. The molecule has 364 valence electrons. The predicted molar refractivity (Wildman–Crippen MR) is 300 cm³/mol. The largest absolute Gasteiger partial charge is 0.493 e. The number of hydrogen-bond donors (Lipinski definition) is 4. The van der Waals surface area contributed by atoms with Gasteiger partial charge in [0.25, 0.3) is 0 Å². The molecule has 74 heavy (non-hydrogen) atoms. The Morgan fingerprint density at radius 2 is 1.04 bits per heavy atom. The van der Waals surface area contributed by atoms with Crippen molar-refractivity contribution >= 4 is 101 Å². The van der Waals surface area contributed by atoms with Crippen LogP contribution >= 0.6 is 11.6 Å². The number of pyridine rings is 8. The van der Waals surface area contributed by atoms with Crippen molar-refractivity contribution in [3.05, 3.63) is 230 Å². The number of aromatic nitrogens is 8. The summed E-state index contributed by atoms with van der Waals surface area (Å²) in [7, 11) is 3.26. The van der Waals surface area contributed by atoms with Crippen LogP contribution in [0.25, 0.3) is 43.5 Å². The maximum absolute atomic E-state index is 6.15. The average molecular weight is 994 g/mol. The van der Waals surface area contributed by atoms with Crippen LogP contribution in [0, 0.1) is 6.92 Å². The highest BCUT2D eigenvalue weighted by atomic mass is 35.5. The number of benzene rings is 4. The normalized spacial score (nSPS) is 10.4. The summed E-state index contributed by atoms with van der Waals surface area (Å²) < 4.78 is 10.6. The number of methoxy groups -OCH3 is 2. The molecule has 0 unspecified atom stereocenters. The number of para-hydroxylation sites is 3. The SMILES string of the molecule is COc1cccnc1Nc1cccc2cnccc12.COc1cccnc1Nc1cnc2ccccc2c1.Cc1ccnc(Nc2ccc3cccc(Cl)c3n2)c1.c1ccc2ncc(Nc3ccncc3)cc2c1. The fraction of sp³-hybridized carbons (Fsp3) is 0.0508. The molecule has 0 aliphatic carbocycles. The second kappa shape index (κ2) is 24.4. The zero-order valence-corrected chi connectivity index (χ0v) is 41.3. The van der Waals surface area contributed by atoms with E-state index in [9.17, 15) is 0 Å². The predicted octanol–water partition coefficient (Wildman–Crippen LogP) is 14.5. The first-order valence-electron chi connectivity index (χ1n) is 23.4. The Labute approximate surface area is 432 Å². The standard InChI is InChI=1S/C15H12ClN3.2C15H13N3O.C14H11N3/c1-10-7-8-17-14(9-10)18-13-6-5-11-3-2-4-12(16)15(11)19-13;1-19-14-6-3-8-17-15(14)18-13-5-2-4-11-10-16-9-7-12(11)13;1-19-14-7-4-8-16-15(14)18-12-9-11-5-2-3-6-13(11)17-10-12;1-2-4-14-11(3-1)9-13(10-16-14)17-12-5-7-15-8-6-12/h2-9H,1H3,(H,17,18,19);2-10H,1H3,(H,17,18);2-10H,1H3,(H,16,18);1-10H,(H,15,17). The number of rotatable bonds is 10. The van der Waals surface area contributed by atoms with Crippen LogP contribution in [0.1, 0.15) is 5.56 Å². The summed E-state index contributed by atoms with van der Waals surface area (Å²) in [5, 5.41) is 19.1. The molecule has 0 saturated heterocycles. The first-order chi connectivity index (χ1) is 36.4. The van der Waals surface area contributed by atoms with Gasteiger partial charge in [-0.2, -0.15) is 0 Å². The molecule has 14 nitrogen and oxygen atoms in total. The van der Waals surface area contributed by atoms with E-state index in [2.05, 4.69) is 73.3 Å². The molecule has 12 rings (SSSR count). The molecule has 0 spiro atoms. The third-order valence-corrected chi connectivity index (χ3v) is 11.5. The van der Waals surface area contributed by atoms with Crippen molar-refractivity contribution in [2.45, 2.75) is 6.92 Å². The number of anilines is 8. The zero-order chi connectivity index (χ0) is 50.9. The summed E-state index contributed by atoms with van der Waals surface area (Å²) in [6.45, 7) is 2.03. The van der Waals surface area contributed by atoms with E-state index in [1.54, 1.807) is 57.6 Å². The van der Waals surface area contributed by atoms with Crippen molar-refractivity contribution in [1.82, 2.24) is 39.9 Å². The summed E-state index contributed by atoms with van der Waals surface area (Å²) in [4.78, 5) is 34.2. The summed E-state index contributed by atoms with van der Waals surface area (Å²) >= 11 is 6.15. The van der Waals surface area contributed by atoms with Crippen molar-refractivity contribution in [2.24, 2.45) is 0 Å². The molecule has 0 saturated carbocycles. The minimum atomic E-state index is 0.651. The van der Waals surface area contributed by atoms with Gasteiger partial charge in [0.15, 0.2) is 23.1 Å². The number of nitrogens with zero attached hydrogens (tertiary/aromatic N) is 8. The van der Waals surface area contributed by atoms with E-state index in [4.69, 9.17) is 21.1 Å². The molecule has 15 heteroatoms. The zero-order valence-electron chi connectivity index (χ0n) is 40.6. The number of ether oxygens (including phenoxy) is 2. The number of nitrogens with one attached hydrogen (secondary N) is 4. The molecule has 4 N–H and O–H groups in total. The van der Waals surface area contributed by atoms with E-state index in [0.717, 1.165) is 83.4 Å². The van der Waals surface area contributed by atoms with Crippen molar-refractivity contribution in [3.63, 3.8) is 0 Å². The quantitative estimate of drug-likeness (QED) is 0.102. The fourth-order valence-corrected chi connectivity index (χ4v) is 7.82. The fourth-order valence-electron chi connectivity index (χ4n) is 7.59. The van der Waals surface area contributed by atoms with Crippen LogP contribution < -0.4 is 30.7 Å².